The molecular formula is C20H24ClF4N3O5. The van der Waals surface area contributed by atoms with Crippen LogP contribution in [0.5, 0.6) is 5.75 Å². The van der Waals surface area contributed by atoms with Gasteiger partial charge >= 0.3 is 6.36 Å². The van der Waals surface area contributed by atoms with Crippen molar-refractivity contribution in [2.45, 2.75) is 37.4 Å². The minimum Gasteiger partial charge on any atom is -0.484 e. The molecule has 0 spiro atoms. The van der Waals surface area contributed by atoms with Gasteiger partial charge in [-0.3, -0.25) is 14.3 Å². The Labute approximate surface area is 192 Å². The Balaban J connectivity index is 1.28. The van der Waals surface area contributed by atoms with Gasteiger partial charge in [0.05, 0.1) is 30.4 Å². The molecule has 2 fully saturated rings. The molecule has 2 amide bonds. The van der Waals surface area contributed by atoms with Gasteiger partial charge < -0.3 is 25.0 Å². The standard InChI is InChI=1S/C20H24ClF4N3O5/c21-15-3-2-13(7-16(15)22)32-11-18(29)27-12-1-4-17(26-8-12)19(30)28-9-14(10-28)31-5-6-33-20(23,24)25/h2-3,7,12,14,17,26H,1,4-6,8-11H2,(H,27,29)/t12-,17+/m0/s1. The second-order valence-corrected chi connectivity index (χ2v) is 8.10. The van der Waals surface area contributed by atoms with Crippen LogP contribution in [-0.2, 0) is 19.1 Å². The van der Waals surface area contributed by atoms with Crippen LogP contribution in [0.15, 0.2) is 18.2 Å². The molecular weight excluding hydrogens is 474 g/mol. The molecule has 3 rings (SSSR count). The quantitative estimate of drug-likeness (QED) is 0.400. The maximum atomic E-state index is 13.4. The summed E-state index contributed by atoms with van der Waals surface area (Å²) in [6.07, 6.45) is -3.91. The van der Waals surface area contributed by atoms with Gasteiger partial charge in [-0.05, 0) is 25.0 Å². The number of amides is 2. The van der Waals surface area contributed by atoms with Crippen LogP contribution >= 0.6 is 11.6 Å². The first-order chi connectivity index (χ1) is 15.6. The zero-order valence-electron chi connectivity index (χ0n) is 17.5. The number of hydrogen-bond acceptors (Lipinski definition) is 6. The molecule has 2 heterocycles. The molecule has 0 aliphatic carbocycles. The average molecular weight is 498 g/mol. The van der Waals surface area contributed by atoms with Crippen LogP contribution < -0.4 is 15.4 Å². The fraction of sp³-hybridized carbons (Fsp3) is 0.600. The van der Waals surface area contributed by atoms with Gasteiger partial charge in [0.15, 0.2) is 6.61 Å². The molecule has 2 atom stereocenters. The van der Waals surface area contributed by atoms with Gasteiger partial charge in [-0.1, -0.05) is 11.6 Å². The molecule has 0 aromatic heterocycles. The smallest absolute Gasteiger partial charge is 0.484 e. The summed E-state index contributed by atoms with van der Waals surface area (Å²) in [5, 5.41) is 5.85. The van der Waals surface area contributed by atoms with Crippen LogP contribution in [0.25, 0.3) is 0 Å². The molecule has 2 saturated heterocycles. The molecule has 0 radical (unpaired) electrons. The first-order valence-corrected chi connectivity index (χ1v) is 10.7. The Morgan fingerprint density at radius 1 is 1.21 bits per heavy atom. The first kappa shape index (κ1) is 25.5. The molecule has 2 aliphatic rings. The van der Waals surface area contributed by atoms with Crippen LogP contribution in [0.2, 0.25) is 5.02 Å². The number of nitrogens with one attached hydrogen (secondary N) is 2. The highest BCUT2D eigenvalue weighted by Gasteiger charge is 2.37. The van der Waals surface area contributed by atoms with E-state index in [-0.39, 0.29) is 47.9 Å². The van der Waals surface area contributed by atoms with E-state index in [4.69, 9.17) is 21.1 Å². The third-order valence-electron chi connectivity index (χ3n) is 5.20. The molecule has 1 aromatic carbocycles. The number of hydrogen-bond donors (Lipinski definition) is 2. The van der Waals surface area contributed by atoms with E-state index in [2.05, 4.69) is 15.4 Å². The Morgan fingerprint density at radius 3 is 2.61 bits per heavy atom. The molecule has 0 unspecified atom stereocenters. The summed E-state index contributed by atoms with van der Waals surface area (Å²) in [6, 6.07) is 3.30. The summed E-state index contributed by atoms with van der Waals surface area (Å²) < 4.78 is 63.2. The normalized spacial score (nSPS) is 21.4. The highest BCUT2D eigenvalue weighted by Crippen LogP contribution is 2.21. The monoisotopic (exact) mass is 497 g/mol. The van der Waals surface area contributed by atoms with E-state index in [9.17, 15) is 27.2 Å². The number of halogens is 5. The Hall–Kier alpha value is -2.15. The summed E-state index contributed by atoms with van der Waals surface area (Å²) in [6.45, 7) is -0.0696. The highest BCUT2D eigenvalue weighted by molar-refractivity contribution is 6.30. The lowest BCUT2D eigenvalue weighted by Gasteiger charge is -2.42. The van der Waals surface area contributed by atoms with E-state index in [0.29, 0.717) is 32.5 Å². The lowest BCUT2D eigenvalue weighted by molar-refractivity contribution is -0.328. The Bertz CT molecular complexity index is 830. The number of ether oxygens (including phenoxy) is 3. The molecule has 1 aromatic rings. The summed E-state index contributed by atoms with van der Waals surface area (Å²) in [5.74, 6) is -0.944. The van der Waals surface area contributed by atoms with Crippen molar-refractivity contribution in [1.29, 1.82) is 0 Å². The number of alkyl halides is 3. The maximum absolute atomic E-state index is 13.4. The summed E-state index contributed by atoms with van der Waals surface area (Å²) in [4.78, 5) is 26.2. The largest absolute Gasteiger partial charge is 0.522 e. The Kier molecular flexibility index (Phi) is 8.74. The van der Waals surface area contributed by atoms with Gasteiger partial charge in [0.2, 0.25) is 5.91 Å². The van der Waals surface area contributed by atoms with Gasteiger partial charge in [0.25, 0.3) is 5.91 Å². The van der Waals surface area contributed by atoms with E-state index in [0.717, 1.165) is 6.07 Å². The summed E-state index contributed by atoms with van der Waals surface area (Å²) in [7, 11) is 0. The predicted molar refractivity (Wildman–Crippen MR) is 108 cm³/mol. The van der Waals surface area contributed by atoms with Crippen molar-refractivity contribution in [3.63, 3.8) is 0 Å². The van der Waals surface area contributed by atoms with Gasteiger partial charge in [0.1, 0.15) is 11.6 Å². The van der Waals surface area contributed by atoms with Gasteiger partial charge in [0, 0.05) is 31.7 Å². The van der Waals surface area contributed by atoms with Crippen LogP contribution in [0.3, 0.4) is 0 Å². The second-order valence-electron chi connectivity index (χ2n) is 7.70. The minimum atomic E-state index is -4.68. The maximum Gasteiger partial charge on any atom is 0.522 e. The summed E-state index contributed by atoms with van der Waals surface area (Å²) >= 11 is 5.60. The number of likely N-dealkylation sites (tertiary alicyclic amines) is 1. The summed E-state index contributed by atoms with van der Waals surface area (Å²) in [5.41, 5.74) is 0. The van der Waals surface area contributed by atoms with Gasteiger partial charge in [-0.2, -0.15) is 0 Å². The van der Waals surface area contributed by atoms with Crippen molar-refractivity contribution in [2.75, 3.05) is 39.5 Å². The van der Waals surface area contributed by atoms with E-state index in [1.54, 1.807) is 4.90 Å². The topological polar surface area (TPSA) is 89.1 Å². The lowest BCUT2D eigenvalue weighted by Crippen LogP contribution is -2.62. The van der Waals surface area contributed by atoms with Crippen LogP contribution in [0.4, 0.5) is 17.6 Å². The molecule has 0 saturated carbocycles. The van der Waals surface area contributed by atoms with Crippen molar-refractivity contribution in [1.82, 2.24) is 15.5 Å². The minimum absolute atomic E-state index is 0.0408. The second kappa shape index (κ2) is 11.3. The van der Waals surface area contributed by atoms with Gasteiger partial charge in [-0.15, -0.1) is 13.2 Å². The fourth-order valence-electron chi connectivity index (χ4n) is 3.49. The predicted octanol–water partition coefficient (Wildman–Crippen LogP) is 1.86. The van der Waals surface area contributed by atoms with E-state index in [1.807, 2.05) is 0 Å². The molecule has 184 valence electrons. The molecule has 2 aliphatic heterocycles. The molecule has 13 heteroatoms. The molecule has 0 bridgehead atoms. The Morgan fingerprint density at radius 2 is 1.97 bits per heavy atom. The third-order valence-corrected chi connectivity index (χ3v) is 5.51. The van der Waals surface area contributed by atoms with Crippen molar-refractivity contribution in [3.8, 4) is 5.75 Å². The lowest BCUT2D eigenvalue weighted by atomic mass is 9.98. The van der Waals surface area contributed by atoms with Crippen LogP contribution in [0.1, 0.15) is 12.8 Å². The SMILES string of the molecule is O=C(COc1ccc(Cl)c(F)c1)N[C@H]1CC[C@H](C(=O)N2CC(OCCOC(F)(F)F)C2)NC1. The zero-order valence-corrected chi connectivity index (χ0v) is 18.3. The number of carbonyl (C=O) groups excluding carboxylic acids is 2. The molecule has 8 nitrogen and oxygen atoms in total. The van der Waals surface area contributed by atoms with Crippen molar-refractivity contribution in [2.24, 2.45) is 0 Å². The molecule has 33 heavy (non-hydrogen) atoms. The third kappa shape index (κ3) is 7.98. The van der Waals surface area contributed by atoms with Crippen molar-refractivity contribution < 1.29 is 41.4 Å². The van der Waals surface area contributed by atoms with Gasteiger partial charge in [-0.25, -0.2) is 4.39 Å². The number of benzene rings is 1. The number of rotatable bonds is 9. The van der Waals surface area contributed by atoms with E-state index >= 15 is 0 Å². The number of carbonyl (C=O) groups is 2. The zero-order chi connectivity index (χ0) is 24.0. The fourth-order valence-corrected chi connectivity index (χ4v) is 3.61. The van der Waals surface area contributed by atoms with Crippen molar-refractivity contribution >= 4 is 23.4 Å². The highest BCUT2D eigenvalue weighted by atomic mass is 35.5. The average Bonchev–Trinajstić information content (AvgIpc) is 2.72. The van der Waals surface area contributed by atoms with Crippen molar-refractivity contribution in [3.05, 3.63) is 29.0 Å². The van der Waals surface area contributed by atoms with Crippen LogP contribution in [-0.4, -0.2) is 80.7 Å². The molecule has 2 N–H and O–H groups in total. The van der Waals surface area contributed by atoms with E-state index in [1.165, 1.54) is 12.1 Å². The first-order valence-electron chi connectivity index (χ1n) is 10.3. The van der Waals surface area contributed by atoms with Crippen LogP contribution in [0, 0.1) is 5.82 Å². The number of nitrogens with zero attached hydrogens (tertiary/aromatic N) is 1. The number of piperidine rings is 1. The van der Waals surface area contributed by atoms with E-state index < -0.39 is 24.8 Å².